The first-order valence-electron chi connectivity index (χ1n) is 3.09. The Kier molecular flexibility index (Phi) is 1.09. The zero-order chi connectivity index (χ0) is 8.72. The summed E-state index contributed by atoms with van der Waals surface area (Å²) in [4.78, 5) is 27.5. The molecule has 0 unspecified atom stereocenters. The lowest BCUT2D eigenvalue weighted by Gasteiger charge is -1.94. The number of nitrogens with one attached hydrogen (secondary N) is 2. The number of hydrogen-bond donors (Lipinski definition) is 3. The van der Waals surface area contributed by atoms with Crippen molar-refractivity contribution in [3.05, 3.63) is 10.4 Å². The van der Waals surface area contributed by atoms with Crippen LogP contribution < -0.4 is 21.9 Å². The van der Waals surface area contributed by atoms with Crippen LogP contribution in [0.2, 0.25) is 0 Å². The third-order valence-corrected chi connectivity index (χ3v) is 1.36. The number of nitrogens with zero attached hydrogens (tertiary/aromatic N) is 2. The van der Waals surface area contributed by atoms with Crippen molar-refractivity contribution in [2.24, 2.45) is 0 Å². The first-order chi connectivity index (χ1) is 5.66. The first kappa shape index (κ1) is 6.65. The number of amides is 2. The van der Waals surface area contributed by atoms with E-state index in [1.807, 2.05) is 0 Å². The Hall–Kier alpha value is -2.05. The van der Waals surface area contributed by atoms with E-state index >= 15 is 0 Å². The summed E-state index contributed by atoms with van der Waals surface area (Å²) >= 11 is 0. The van der Waals surface area contributed by atoms with Crippen molar-refractivity contribution in [2.45, 2.75) is 0 Å². The molecule has 61 valence electrons. The normalized spacial score (nSPS) is 13.5. The summed E-state index contributed by atoms with van der Waals surface area (Å²) in [5.41, 5.74) is 4.77. The van der Waals surface area contributed by atoms with Crippen molar-refractivity contribution in [2.75, 3.05) is 11.1 Å². The molecule has 1 aliphatic heterocycles. The zero-order valence-corrected chi connectivity index (χ0v) is 5.79. The number of fused-ring (bicyclic) bond motifs is 1. The van der Waals surface area contributed by atoms with Gasteiger partial charge < -0.3 is 5.73 Å². The molecule has 1 aromatic heterocycles. The van der Waals surface area contributed by atoms with E-state index in [4.69, 9.17) is 5.73 Å². The van der Waals surface area contributed by atoms with Crippen LogP contribution in [0.1, 0.15) is 0 Å². The molecule has 0 saturated carbocycles. The molecule has 0 saturated heterocycles. The van der Waals surface area contributed by atoms with Gasteiger partial charge in [0.15, 0.2) is 11.5 Å². The molecule has 1 aliphatic rings. The minimum Gasteiger partial charge on any atom is -0.369 e. The predicted octanol–water partition coefficient (Wildman–Crippen LogP) is -0.867. The zero-order valence-electron chi connectivity index (χ0n) is 5.79. The monoisotopic (exact) mass is 166 g/mol. The van der Waals surface area contributed by atoms with Gasteiger partial charge >= 0.3 is 6.03 Å². The van der Waals surface area contributed by atoms with Gasteiger partial charge in [0.2, 0.25) is 5.95 Å². The fraction of sp³-hybridized carbons (Fsp3) is 0. The molecular weight excluding hydrogens is 162 g/mol. The second kappa shape index (κ2) is 1.97. The fourth-order valence-electron chi connectivity index (χ4n) is 0.903. The Morgan fingerprint density at radius 2 is 2.08 bits per heavy atom. The second-order valence-corrected chi connectivity index (χ2v) is 2.19. The number of nitrogen functional groups attached to an aromatic ring is 1. The van der Waals surface area contributed by atoms with Crippen molar-refractivity contribution in [3.8, 4) is 0 Å². The molecule has 2 heterocycles. The first-order valence-corrected chi connectivity index (χ1v) is 3.09. The number of anilines is 2. The van der Waals surface area contributed by atoms with E-state index in [1.165, 1.54) is 0 Å². The van der Waals surface area contributed by atoms with Crippen LogP contribution in [0.4, 0.5) is 22.2 Å². The highest BCUT2D eigenvalue weighted by molar-refractivity contribution is 6.00. The van der Waals surface area contributed by atoms with Crippen LogP contribution in [-0.4, -0.2) is 16.0 Å². The van der Waals surface area contributed by atoms with Gasteiger partial charge in [0, 0.05) is 0 Å². The molecule has 0 aromatic carbocycles. The van der Waals surface area contributed by atoms with E-state index in [-0.39, 0.29) is 17.5 Å². The molecule has 2 amide bonds. The van der Waals surface area contributed by atoms with Gasteiger partial charge in [0.05, 0.1) is 0 Å². The topological polar surface area (TPSA) is 115 Å². The molecule has 7 nitrogen and oxygen atoms in total. The SMILES string of the molecule is Nc1nc2c(c(=O)[nH]1)NC(=O)[N]2. The number of carbonyl (C=O) groups excluding carboxylic acids is 1. The lowest BCUT2D eigenvalue weighted by molar-refractivity contribution is 0.256. The lowest BCUT2D eigenvalue weighted by atomic mass is 10.5. The fourth-order valence-corrected chi connectivity index (χ4v) is 0.903. The average Bonchev–Trinajstić information content (AvgIpc) is 2.29. The molecule has 0 fully saturated rings. The molecule has 0 bridgehead atoms. The van der Waals surface area contributed by atoms with Gasteiger partial charge in [-0.05, 0) is 0 Å². The summed E-state index contributed by atoms with van der Waals surface area (Å²) in [6.45, 7) is 0. The van der Waals surface area contributed by atoms with Crippen LogP contribution in [0.15, 0.2) is 4.79 Å². The van der Waals surface area contributed by atoms with Crippen LogP contribution in [0.25, 0.3) is 0 Å². The van der Waals surface area contributed by atoms with E-state index in [1.54, 1.807) is 0 Å². The third kappa shape index (κ3) is 0.797. The van der Waals surface area contributed by atoms with Gasteiger partial charge in [-0.25, -0.2) is 4.79 Å². The third-order valence-electron chi connectivity index (χ3n) is 1.36. The van der Waals surface area contributed by atoms with Crippen molar-refractivity contribution in [3.63, 3.8) is 0 Å². The van der Waals surface area contributed by atoms with Gasteiger partial charge in [0.1, 0.15) is 0 Å². The number of hydrogen-bond acceptors (Lipinski definition) is 4. The van der Waals surface area contributed by atoms with Crippen LogP contribution in [-0.2, 0) is 0 Å². The summed E-state index contributed by atoms with van der Waals surface area (Å²) in [6, 6.07) is -0.603. The van der Waals surface area contributed by atoms with Gasteiger partial charge in [-0.2, -0.15) is 10.3 Å². The van der Waals surface area contributed by atoms with Gasteiger partial charge in [-0.15, -0.1) is 0 Å². The Morgan fingerprint density at radius 1 is 1.33 bits per heavy atom. The quantitative estimate of drug-likeness (QED) is 0.464. The Labute approximate surface area is 66.0 Å². The summed E-state index contributed by atoms with van der Waals surface area (Å²) in [6.07, 6.45) is 0. The van der Waals surface area contributed by atoms with Crippen molar-refractivity contribution in [1.29, 1.82) is 0 Å². The number of nitrogens with two attached hydrogens (primary N) is 1. The lowest BCUT2D eigenvalue weighted by Crippen LogP contribution is -2.14. The van der Waals surface area contributed by atoms with Crippen LogP contribution in [0, 0.1) is 0 Å². The van der Waals surface area contributed by atoms with Crippen molar-refractivity contribution >= 4 is 23.5 Å². The maximum atomic E-state index is 11.0. The van der Waals surface area contributed by atoms with Crippen molar-refractivity contribution in [1.82, 2.24) is 15.3 Å². The molecule has 0 spiro atoms. The maximum absolute atomic E-state index is 11.0. The molecule has 0 aliphatic carbocycles. The van der Waals surface area contributed by atoms with Gasteiger partial charge in [0.25, 0.3) is 5.56 Å². The molecule has 2 rings (SSSR count). The van der Waals surface area contributed by atoms with E-state index in [2.05, 4.69) is 20.6 Å². The maximum Gasteiger partial charge on any atom is 0.347 e. The minimum atomic E-state index is -0.603. The molecule has 7 heteroatoms. The van der Waals surface area contributed by atoms with E-state index < -0.39 is 11.6 Å². The minimum absolute atomic E-state index is 0.0428. The molecule has 0 atom stereocenters. The molecular formula is C5H4N5O2. The number of aromatic amines is 1. The predicted molar refractivity (Wildman–Crippen MR) is 40.1 cm³/mol. The Morgan fingerprint density at radius 3 is 2.83 bits per heavy atom. The summed E-state index contributed by atoms with van der Waals surface area (Å²) in [7, 11) is 0. The standard InChI is InChI=1S/C5H4N5O2/c6-4-8-2-1(3(11)10-4)7-5(12)9-2/h(H,7,12)(H3,6,8,10,11). The van der Waals surface area contributed by atoms with E-state index in [9.17, 15) is 9.59 Å². The van der Waals surface area contributed by atoms with Crippen LogP contribution in [0.5, 0.6) is 0 Å². The number of urea groups is 1. The van der Waals surface area contributed by atoms with Gasteiger partial charge in [-0.3, -0.25) is 15.1 Å². The van der Waals surface area contributed by atoms with E-state index in [0.29, 0.717) is 0 Å². The van der Waals surface area contributed by atoms with Crippen LogP contribution in [0.3, 0.4) is 0 Å². The summed E-state index contributed by atoms with van der Waals surface area (Å²) < 4.78 is 0. The number of carbonyl (C=O) groups is 1. The van der Waals surface area contributed by atoms with E-state index in [0.717, 1.165) is 0 Å². The molecule has 1 aromatic rings. The summed E-state index contributed by atoms with van der Waals surface area (Å²) in [5.74, 6) is -0.0137. The highest BCUT2D eigenvalue weighted by Gasteiger charge is 2.23. The smallest absolute Gasteiger partial charge is 0.347 e. The largest absolute Gasteiger partial charge is 0.369 e. The number of rotatable bonds is 0. The average molecular weight is 166 g/mol. The summed E-state index contributed by atoms with van der Waals surface area (Å²) in [5, 5.41) is 5.64. The highest BCUT2D eigenvalue weighted by Crippen LogP contribution is 2.19. The number of aromatic nitrogens is 2. The van der Waals surface area contributed by atoms with Gasteiger partial charge in [-0.1, -0.05) is 0 Å². The Bertz CT molecular complexity index is 409. The Balaban J connectivity index is 2.67. The molecule has 12 heavy (non-hydrogen) atoms. The second-order valence-electron chi connectivity index (χ2n) is 2.19. The van der Waals surface area contributed by atoms with Crippen molar-refractivity contribution < 1.29 is 4.79 Å². The number of H-pyrrole nitrogens is 1. The molecule has 1 radical (unpaired) electrons. The van der Waals surface area contributed by atoms with Crippen LogP contribution >= 0.6 is 0 Å². The molecule has 4 N–H and O–H groups in total. The highest BCUT2D eigenvalue weighted by atomic mass is 16.2.